The van der Waals surface area contributed by atoms with Crippen molar-refractivity contribution in [2.45, 2.75) is 5.22 Å². The lowest BCUT2D eigenvalue weighted by atomic mass is 10.2. The van der Waals surface area contributed by atoms with Crippen LogP contribution in [0.25, 0.3) is 17.2 Å². The van der Waals surface area contributed by atoms with E-state index in [0.717, 1.165) is 11.8 Å². The van der Waals surface area contributed by atoms with Crippen LogP contribution in [0.1, 0.15) is 5.56 Å². The minimum Gasteiger partial charge on any atom is -0.544 e. The summed E-state index contributed by atoms with van der Waals surface area (Å²) in [6.45, 7) is 0. The number of fused-ring (bicyclic) bond motifs is 1. The molecule has 1 heterocycles. The molecule has 7 heteroatoms. The van der Waals surface area contributed by atoms with Gasteiger partial charge in [0.15, 0.2) is 5.58 Å². The van der Waals surface area contributed by atoms with E-state index in [0.29, 0.717) is 26.7 Å². The molecule has 0 radical (unpaired) electrons. The third kappa shape index (κ3) is 3.69. The van der Waals surface area contributed by atoms with Gasteiger partial charge in [-0.3, -0.25) is 0 Å². The van der Waals surface area contributed by atoms with E-state index in [4.69, 9.17) is 27.6 Å². The highest BCUT2D eigenvalue weighted by atomic mass is 35.5. The van der Waals surface area contributed by atoms with Crippen molar-refractivity contribution in [3.63, 3.8) is 0 Å². The summed E-state index contributed by atoms with van der Waals surface area (Å²) in [7, 11) is 0. The monoisotopic (exact) mass is 364 g/mol. The Hall–Kier alpha value is -1.95. The van der Waals surface area contributed by atoms with Crippen LogP contribution in [0.2, 0.25) is 10.0 Å². The highest BCUT2D eigenvalue weighted by molar-refractivity contribution is 8.03. The number of thioether (sulfide) groups is 1. The van der Waals surface area contributed by atoms with Crippen molar-refractivity contribution in [3.05, 3.63) is 63.0 Å². The maximum Gasteiger partial charge on any atom is 0.261 e. The highest BCUT2D eigenvalue weighted by Gasteiger charge is 2.11. The normalized spacial score (nSPS) is 11.8. The Morgan fingerprint density at radius 3 is 2.70 bits per heavy atom. The number of halogens is 2. The number of oxazole rings is 1. The number of carboxylic acids is 1. The van der Waals surface area contributed by atoms with Gasteiger partial charge in [-0.25, -0.2) is 4.98 Å². The molecule has 0 amide bonds. The quantitative estimate of drug-likeness (QED) is 0.516. The Bertz CT molecular complexity index is 888. The van der Waals surface area contributed by atoms with Crippen LogP contribution in [0, 0.1) is 0 Å². The third-order valence-corrected chi connectivity index (χ3v) is 4.34. The molecule has 0 atom stereocenters. The molecule has 1 aromatic heterocycles. The lowest BCUT2D eigenvalue weighted by Gasteiger charge is -2.07. The van der Waals surface area contributed by atoms with Crippen LogP contribution in [0.3, 0.4) is 0 Å². The third-order valence-electron chi connectivity index (χ3n) is 2.92. The predicted molar refractivity (Wildman–Crippen MR) is 89.3 cm³/mol. The maximum absolute atomic E-state index is 11.4. The van der Waals surface area contributed by atoms with Crippen LogP contribution in [0.5, 0.6) is 0 Å². The molecule has 0 bridgehead atoms. The number of hydrogen-bond donors (Lipinski definition) is 0. The van der Waals surface area contributed by atoms with Crippen molar-refractivity contribution in [1.82, 2.24) is 4.98 Å². The molecule has 2 aromatic carbocycles. The first kappa shape index (κ1) is 15.9. The van der Waals surface area contributed by atoms with Crippen LogP contribution < -0.4 is 5.11 Å². The van der Waals surface area contributed by atoms with E-state index in [1.54, 1.807) is 24.3 Å². The van der Waals surface area contributed by atoms with Crippen LogP contribution >= 0.6 is 35.0 Å². The van der Waals surface area contributed by atoms with Gasteiger partial charge in [-0.2, -0.15) is 0 Å². The smallest absolute Gasteiger partial charge is 0.261 e. The minimum atomic E-state index is -1.34. The SMILES string of the molecule is O=C([O-])/C(=C/c1ccc(Cl)cc1Cl)Sc1nc2ccccc2o1. The van der Waals surface area contributed by atoms with Gasteiger partial charge in [-0.1, -0.05) is 41.4 Å². The van der Waals surface area contributed by atoms with Crippen molar-refractivity contribution >= 4 is 58.1 Å². The second kappa shape index (κ2) is 6.66. The number of carbonyl (C=O) groups excluding carboxylic acids is 1. The minimum absolute atomic E-state index is 0.0687. The van der Waals surface area contributed by atoms with E-state index in [2.05, 4.69) is 4.98 Å². The molecule has 3 aromatic rings. The fourth-order valence-corrected chi connectivity index (χ4v) is 3.07. The van der Waals surface area contributed by atoms with Gasteiger partial charge >= 0.3 is 0 Å². The Morgan fingerprint density at radius 1 is 1.22 bits per heavy atom. The Kier molecular flexibility index (Phi) is 4.61. The zero-order chi connectivity index (χ0) is 16.4. The van der Waals surface area contributed by atoms with Crippen molar-refractivity contribution in [2.24, 2.45) is 0 Å². The van der Waals surface area contributed by atoms with Gasteiger partial charge < -0.3 is 14.3 Å². The fourth-order valence-electron chi connectivity index (χ4n) is 1.88. The Balaban J connectivity index is 1.95. The molecule has 116 valence electrons. The molecule has 0 aliphatic carbocycles. The van der Waals surface area contributed by atoms with Gasteiger partial charge in [-0.05, 0) is 47.7 Å². The number of benzene rings is 2. The van der Waals surface area contributed by atoms with Crippen molar-refractivity contribution in [3.8, 4) is 0 Å². The summed E-state index contributed by atoms with van der Waals surface area (Å²) in [6, 6.07) is 11.9. The van der Waals surface area contributed by atoms with E-state index in [-0.39, 0.29) is 10.1 Å². The molecule has 0 spiro atoms. The number of aliphatic carboxylic acids is 1. The summed E-state index contributed by atoms with van der Waals surface area (Å²) in [5, 5.41) is 12.4. The first-order valence-electron chi connectivity index (χ1n) is 6.44. The molecule has 4 nitrogen and oxygen atoms in total. The van der Waals surface area contributed by atoms with Crippen molar-refractivity contribution < 1.29 is 14.3 Å². The zero-order valence-electron chi connectivity index (χ0n) is 11.5. The molecular formula is C16H8Cl2NO3S-. The molecule has 0 saturated carbocycles. The number of nitrogens with zero attached hydrogens (tertiary/aromatic N) is 1. The standard InChI is InChI=1S/C16H9Cl2NO3S/c17-10-6-5-9(11(18)8-10)7-14(15(20)21)23-16-19-12-3-1-2-4-13(12)22-16/h1-8H,(H,20,21)/p-1/b14-7-. The van der Waals surface area contributed by atoms with Crippen LogP contribution in [-0.4, -0.2) is 11.0 Å². The van der Waals surface area contributed by atoms with Gasteiger partial charge in [0.2, 0.25) is 0 Å². The Labute approximate surface area is 145 Å². The van der Waals surface area contributed by atoms with Gasteiger partial charge in [0.05, 0.1) is 5.97 Å². The average Bonchev–Trinajstić information content (AvgIpc) is 2.91. The predicted octanol–water partition coefficient (Wildman–Crippen LogP) is 4.02. The van der Waals surface area contributed by atoms with Gasteiger partial charge in [-0.15, -0.1) is 0 Å². The molecule has 0 aliphatic rings. The lowest BCUT2D eigenvalue weighted by molar-refractivity contribution is -0.298. The van der Waals surface area contributed by atoms with E-state index in [9.17, 15) is 9.90 Å². The number of hydrogen-bond acceptors (Lipinski definition) is 5. The van der Waals surface area contributed by atoms with Crippen molar-refractivity contribution in [2.75, 3.05) is 0 Å². The van der Waals surface area contributed by atoms with Crippen LogP contribution in [0.4, 0.5) is 0 Å². The summed E-state index contributed by atoms with van der Waals surface area (Å²) in [6.07, 6.45) is 1.40. The number of rotatable bonds is 4. The lowest BCUT2D eigenvalue weighted by Crippen LogP contribution is -2.23. The van der Waals surface area contributed by atoms with Crippen molar-refractivity contribution in [1.29, 1.82) is 0 Å². The summed E-state index contributed by atoms with van der Waals surface area (Å²) in [4.78, 5) is 15.5. The molecule has 0 fully saturated rings. The number of carboxylic acid groups (broad SMARTS) is 1. The van der Waals surface area contributed by atoms with E-state index in [1.165, 1.54) is 12.1 Å². The average molecular weight is 365 g/mol. The molecule has 3 rings (SSSR count). The molecular weight excluding hydrogens is 357 g/mol. The van der Waals surface area contributed by atoms with E-state index < -0.39 is 5.97 Å². The summed E-state index contributed by atoms with van der Waals surface area (Å²) in [5.74, 6) is -1.34. The van der Waals surface area contributed by atoms with E-state index >= 15 is 0 Å². The summed E-state index contributed by atoms with van der Waals surface area (Å²) >= 11 is 12.7. The first-order chi connectivity index (χ1) is 11.0. The number of aromatic nitrogens is 1. The largest absolute Gasteiger partial charge is 0.544 e. The van der Waals surface area contributed by atoms with Crippen LogP contribution in [0.15, 0.2) is 57.0 Å². The molecule has 0 N–H and O–H groups in total. The summed E-state index contributed by atoms with van der Waals surface area (Å²) in [5.41, 5.74) is 1.74. The fraction of sp³-hybridized carbons (Fsp3) is 0. The van der Waals surface area contributed by atoms with Gasteiger partial charge in [0.25, 0.3) is 5.22 Å². The van der Waals surface area contributed by atoms with E-state index in [1.807, 2.05) is 12.1 Å². The second-order valence-electron chi connectivity index (χ2n) is 4.51. The summed E-state index contributed by atoms with van der Waals surface area (Å²) < 4.78 is 5.50. The number of carbonyl (C=O) groups is 1. The van der Waals surface area contributed by atoms with Crippen LogP contribution in [-0.2, 0) is 4.79 Å². The zero-order valence-corrected chi connectivity index (χ0v) is 13.8. The first-order valence-corrected chi connectivity index (χ1v) is 8.02. The molecule has 23 heavy (non-hydrogen) atoms. The highest BCUT2D eigenvalue weighted by Crippen LogP contribution is 2.32. The molecule has 0 saturated heterocycles. The topological polar surface area (TPSA) is 66.2 Å². The second-order valence-corrected chi connectivity index (χ2v) is 6.35. The maximum atomic E-state index is 11.4. The number of para-hydroxylation sites is 2. The molecule has 0 unspecified atom stereocenters. The molecule has 0 aliphatic heterocycles. The Morgan fingerprint density at radius 2 is 2.00 bits per heavy atom. The van der Waals surface area contributed by atoms with Gasteiger partial charge in [0, 0.05) is 15.0 Å². The van der Waals surface area contributed by atoms with Gasteiger partial charge in [0.1, 0.15) is 5.52 Å².